The molecule has 3 heterocycles. The number of nitrogens with zero attached hydrogens (tertiary/aromatic N) is 5. The molecule has 17 heteroatoms. The molecular weight excluding hydrogens is 877 g/mol. The highest BCUT2D eigenvalue weighted by molar-refractivity contribution is 5.68. The third kappa shape index (κ3) is 13.4. The molecule has 4 N–H and O–H groups in total. The number of alkyl halides is 6. The second kappa shape index (κ2) is 21.2. The Hall–Kier alpha value is -6.91. The Balaban J connectivity index is 0.000000199. The van der Waals surface area contributed by atoms with Crippen LogP contribution in [0.3, 0.4) is 0 Å². The van der Waals surface area contributed by atoms with Crippen LogP contribution >= 0.6 is 0 Å². The van der Waals surface area contributed by atoms with Crippen molar-refractivity contribution >= 4 is 34.9 Å². The maximum Gasteiger partial charge on any atom is 0.433 e. The van der Waals surface area contributed by atoms with Gasteiger partial charge in [-0.15, -0.1) is 10.2 Å². The van der Waals surface area contributed by atoms with Gasteiger partial charge in [-0.2, -0.15) is 26.3 Å². The molecular formula is C50H49F6N7O4. The van der Waals surface area contributed by atoms with Gasteiger partial charge in [0.1, 0.15) is 11.5 Å². The van der Waals surface area contributed by atoms with Gasteiger partial charge >= 0.3 is 24.3 Å². The second-order valence-electron chi connectivity index (χ2n) is 17.2. The average Bonchev–Trinajstić information content (AvgIpc) is 3.30. The van der Waals surface area contributed by atoms with E-state index in [9.17, 15) is 35.9 Å². The first-order valence-electron chi connectivity index (χ1n) is 22.0. The number of carboxylic acid groups (broad SMARTS) is 2. The maximum atomic E-state index is 12.7. The molecule has 350 valence electrons. The number of carbonyl (C=O) groups is 2. The van der Waals surface area contributed by atoms with Crippen LogP contribution in [0.15, 0.2) is 110 Å². The Morgan fingerprint density at radius 1 is 0.567 bits per heavy atom. The number of halogens is 6. The number of anilines is 4. The molecule has 8 rings (SSSR count). The van der Waals surface area contributed by atoms with Crippen LogP contribution in [0, 0.1) is 18.8 Å². The molecule has 0 bridgehead atoms. The molecule has 2 aliphatic rings. The van der Waals surface area contributed by atoms with Crippen LogP contribution in [0.5, 0.6) is 0 Å². The van der Waals surface area contributed by atoms with Crippen molar-refractivity contribution in [3.8, 4) is 22.5 Å². The highest BCUT2D eigenvalue weighted by Gasteiger charge is 2.32. The van der Waals surface area contributed by atoms with Gasteiger partial charge in [-0.05, 0) is 141 Å². The number of hydrogen-bond acceptors (Lipinski definition) is 9. The van der Waals surface area contributed by atoms with Gasteiger partial charge in [0.15, 0.2) is 5.82 Å². The smallest absolute Gasteiger partial charge is 0.433 e. The lowest BCUT2D eigenvalue weighted by molar-refractivity contribution is -0.141. The number of nitrogens with one attached hydrogen (secondary N) is 2. The minimum absolute atomic E-state index is 0.255. The van der Waals surface area contributed by atoms with Crippen molar-refractivity contribution in [2.75, 3.05) is 10.6 Å². The summed E-state index contributed by atoms with van der Waals surface area (Å²) in [6.07, 6.45) is 3.64. The highest BCUT2D eigenvalue weighted by atomic mass is 19.4. The molecule has 0 unspecified atom stereocenters. The minimum atomic E-state index is -4.48. The van der Waals surface area contributed by atoms with Crippen LogP contribution < -0.4 is 10.6 Å². The largest absolute Gasteiger partial charge is 0.481 e. The van der Waals surface area contributed by atoms with Crippen LogP contribution in [0.4, 0.5) is 49.4 Å². The SMILES string of the molecule is Cc1cc(Nc2ccc(C(F)(F)F)cc2)nnc1-c1ccc(C2CCC(CC(=O)O)CC2)cc1.O=C(O)CC1CCC(c2ccc(-c3cnc(Nc4ccc(C(F)(F)F)nc4)cn3)cc2)CC1. The lowest BCUT2D eigenvalue weighted by atomic mass is 9.77. The molecule has 0 spiro atoms. The van der Waals surface area contributed by atoms with Crippen molar-refractivity contribution in [3.05, 3.63) is 138 Å². The van der Waals surface area contributed by atoms with E-state index < -0.39 is 35.5 Å². The Kier molecular flexibility index (Phi) is 15.2. The Morgan fingerprint density at radius 2 is 1.09 bits per heavy atom. The van der Waals surface area contributed by atoms with Gasteiger partial charge in [0.2, 0.25) is 0 Å². The lowest BCUT2D eigenvalue weighted by Gasteiger charge is -2.28. The molecule has 2 saturated carbocycles. The summed E-state index contributed by atoms with van der Waals surface area (Å²) >= 11 is 0. The number of pyridine rings is 1. The zero-order chi connectivity index (χ0) is 47.7. The number of aryl methyl sites for hydroxylation is 1. The fraction of sp³-hybridized carbons (Fsp3) is 0.340. The third-order valence-electron chi connectivity index (χ3n) is 12.4. The second-order valence-corrected chi connectivity index (χ2v) is 17.2. The predicted octanol–water partition coefficient (Wildman–Crippen LogP) is 13.0. The molecule has 0 aliphatic heterocycles. The van der Waals surface area contributed by atoms with Gasteiger partial charge in [-0.3, -0.25) is 14.6 Å². The molecule has 2 fully saturated rings. The third-order valence-corrected chi connectivity index (χ3v) is 12.4. The lowest BCUT2D eigenvalue weighted by Crippen LogP contribution is -2.16. The van der Waals surface area contributed by atoms with Crippen molar-refractivity contribution in [1.82, 2.24) is 25.1 Å². The molecule has 3 aromatic carbocycles. The van der Waals surface area contributed by atoms with E-state index in [4.69, 9.17) is 10.2 Å². The van der Waals surface area contributed by atoms with Crippen molar-refractivity contribution in [2.45, 2.75) is 95.3 Å². The summed E-state index contributed by atoms with van der Waals surface area (Å²) in [5.74, 6) is 0.858. The highest BCUT2D eigenvalue weighted by Crippen LogP contribution is 2.39. The maximum absolute atomic E-state index is 12.7. The summed E-state index contributed by atoms with van der Waals surface area (Å²) in [4.78, 5) is 33.9. The molecule has 0 atom stereocenters. The van der Waals surface area contributed by atoms with E-state index in [0.29, 0.717) is 40.5 Å². The fourth-order valence-electron chi connectivity index (χ4n) is 8.78. The molecule has 67 heavy (non-hydrogen) atoms. The summed E-state index contributed by atoms with van der Waals surface area (Å²) in [6.45, 7) is 1.92. The molecule has 3 aromatic heterocycles. The first-order valence-corrected chi connectivity index (χ1v) is 22.0. The summed E-state index contributed by atoms with van der Waals surface area (Å²) < 4.78 is 76.0. The molecule has 6 aromatic rings. The molecule has 11 nitrogen and oxygen atoms in total. The van der Waals surface area contributed by atoms with Crippen LogP contribution in [0.25, 0.3) is 22.5 Å². The number of benzene rings is 3. The topological polar surface area (TPSA) is 163 Å². The van der Waals surface area contributed by atoms with Gasteiger partial charge in [-0.25, -0.2) is 9.97 Å². The van der Waals surface area contributed by atoms with Crippen molar-refractivity contribution in [1.29, 1.82) is 0 Å². The van der Waals surface area contributed by atoms with E-state index in [1.165, 1.54) is 35.5 Å². The van der Waals surface area contributed by atoms with Crippen LogP contribution in [-0.2, 0) is 21.9 Å². The normalized spacial score (nSPS) is 18.6. The number of hydrogen-bond donors (Lipinski definition) is 4. The monoisotopic (exact) mass is 925 g/mol. The fourth-order valence-corrected chi connectivity index (χ4v) is 8.78. The van der Waals surface area contributed by atoms with Crippen molar-refractivity contribution in [2.24, 2.45) is 11.8 Å². The van der Waals surface area contributed by atoms with E-state index in [1.54, 1.807) is 6.20 Å². The van der Waals surface area contributed by atoms with E-state index in [1.807, 2.05) is 37.3 Å². The molecule has 0 saturated heterocycles. The number of aliphatic carboxylic acids is 2. The minimum Gasteiger partial charge on any atom is -0.481 e. The van der Waals surface area contributed by atoms with Gasteiger partial charge in [0.25, 0.3) is 0 Å². The van der Waals surface area contributed by atoms with Gasteiger partial charge in [0.05, 0.1) is 41.2 Å². The number of carboxylic acids is 2. The van der Waals surface area contributed by atoms with E-state index >= 15 is 0 Å². The number of rotatable bonds is 12. The van der Waals surface area contributed by atoms with Gasteiger partial charge in [0, 0.05) is 29.7 Å². The van der Waals surface area contributed by atoms with Crippen LogP contribution in [-0.4, -0.2) is 47.3 Å². The average molecular weight is 926 g/mol. The Morgan fingerprint density at radius 3 is 1.54 bits per heavy atom. The van der Waals surface area contributed by atoms with Crippen molar-refractivity contribution in [3.63, 3.8) is 0 Å². The molecule has 2 aliphatic carbocycles. The number of aromatic nitrogens is 5. The van der Waals surface area contributed by atoms with Gasteiger partial charge in [-0.1, -0.05) is 48.5 Å². The standard InChI is InChI=1S/C26H26F3N3O2.C24H23F3N4O2/c1-16-14-23(30-22-12-10-21(11-13-22)26(27,28)29)31-32-25(16)20-8-6-19(7-9-20)18-4-2-17(3-5-18)15-24(33)34;25-24(26,27)21-10-9-19(12-29-21)31-22-14-28-20(13-30-22)18-7-5-17(6-8-18)16-3-1-15(2-4-16)11-23(32)33/h6-14,17-18H,2-5,15H2,1H3,(H,30,31)(H,33,34);5-10,12-16H,1-4,11H2,(H,30,31)(H,32,33). The molecule has 0 radical (unpaired) electrons. The predicted molar refractivity (Wildman–Crippen MR) is 241 cm³/mol. The molecule has 0 amide bonds. The summed E-state index contributed by atoms with van der Waals surface area (Å²) in [5.41, 5.74) is 5.90. The van der Waals surface area contributed by atoms with E-state index in [0.717, 1.165) is 98.1 Å². The van der Waals surface area contributed by atoms with E-state index in [2.05, 4.69) is 60.0 Å². The Bertz CT molecular complexity index is 2580. The Labute approximate surface area is 383 Å². The zero-order valence-electron chi connectivity index (χ0n) is 36.5. The van der Waals surface area contributed by atoms with Crippen LogP contribution in [0.2, 0.25) is 0 Å². The quantitative estimate of drug-likeness (QED) is 0.0864. The van der Waals surface area contributed by atoms with E-state index in [-0.39, 0.29) is 24.7 Å². The first kappa shape index (κ1) is 48.0. The first-order chi connectivity index (χ1) is 32.0. The zero-order valence-corrected chi connectivity index (χ0v) is 36.5. The van der Waals surface area contributed by atoms with Crippen molar-refractivity contribution < 1.29 is 46.1 Å². The summed E-state index contributed by atoms with van der Waals surface area (Å²) in [7, 11) is 0. The van der Waals surface area contributed by atoms with Gasteiger partial charge < -0.3 is 20.8 Å². The summed E-state index contributed by atoms with van der Waals surface area (Å²) in [5, 5.41) is 32.4. The van der Waals surface area contributed by atoms with Crippen LogP contribution in [0.1, 0.15) is 104 Å². The summed E-state index contributed by atoms with van der Waals surface area (Å²) in [6, 6.07) is 25.2.